The summed E-state index contributed by atoms with van der Waals surface area (Å²) < 4.78 is 10.4. The summed E-state index contributed by atoms with van der Waals surface area (Å²) in [6.45, 7) is 1.50. The first-order valence-electron chi connectivity index (χ1n) is 8.73. The molecule has 0 fully saturated rings. The zero-order chi connectivity index (χ0) is 20.8. The van der Waals surface area contributed by atoms with Crippen molar-refractivity contribution in [3.63, 3.8) is 0 Å². The highest BCUT2D eigenvalue weighted by Crippen LogP contribution is 2.29. The maximum atomic E-state index is 12.4. The fourth-order valence-electron chi connectivity index (χ4n) is 2.58. The number of aromatic nitrogens is 2. The highest BCUT2D eigenvalue weighted by molar-refractivity contribution is 6.02. The second-order valence-corrected chi connectivity index (χ2v) is 6.07. The van der Waals surface area contributed by atoms with Crippen molar-refractivity contribution < 1.29 is 19.1 Å². The number of nitrogens with one attached hydrogen (secondary N) is 2. The molecule has 0 unspecified atom stereocenters. The SMILES string of the molecule is COc1ccc(NC(=O)c2cnc(Nc3cccc(C(C)=O)c3)cn2)cc1OC. The van der Waals surface area contributed by atoms with Crippen molar-refractivity contribution in [1.29, 1.82) is 0 Å². The first-order valence-corrected chi connectivity index (χ1v) is 8.73. The summed E-state index contributed by atoms with van der Waals surface area (Å²) in [4.78, 5) is 32.2. The topological polar surface area (TPSA) is 102 Å². The Kier molecular flexibility index (Phi) is 6.03. The van der Waals surface area contributed by atoms with Crippen LogP contribution in [0.15, 0.2) is 54.9 Å². The minimum Gasteiger partial charge on any atom is -0.493 e. The lowest BCUT2D eigenvalue weighted by molar-refractivity contribution is 0.101. The monoisotopic (exact) mass is 392 g/mol. The standard InChI is InChI=1S/C21H20N4O4/c1-13(26)14-5-4-6-15(9-14)24-20-12-22-17(11-23-20)21(27)25-16-7-8-18(28-2)19(10-16)29-3/h4-12H,1-3H3,(H,23,24)(H,25,27). The third-order valence-corrected chi connectivity index (χ3v) is 4.07. The quantitative estimate of drug-likeness (QED) is 0.591. The zero-order valence-corrected chi connectivity index (χ0v) is 16.2. The molecule has 0 saturated carbocycles. The molecule has 148 valence electrons. The van der Waals surface area contributed by atoms with Crippen LogP contribution < -0.4 is 20.1 Å². The number of anilines is 3. The van der Waals surface area contributed by atoms with Gasteiger partial charge in [-0.1, -0.05) is 12.1 Å². The molecule has 29 heavy (non-hydrogen) atoms. The Hall–Kier alpha value is -3.94. The number of amides is 1. The van der Waals surface area contributed by atoms with Gasteiger partial charge in [-0.05, 0) is 31.2 Å². The lowest BCUT2D eigenvalue weighted by Gasteiger charge is -2.10. The van der Waals surface area contributed by atoms with Crippen molar-refractivity contribution in [2.45, 2.75) is 6.92 Å². The number of benzene rings is 2. The van der Waals surface area contributed by atoms with Crippen LogP contribution in [-0.2, 0) is 0 Å². The lowest BCUT2D eigenvalue weighted by atomic mass is 10.1. The van der Waals surface area contributed by atoms with Gasteiger partial charge in [0.1, 0.15) is 11.5 Å². The number of nitrogens with zero attached hydrogens (tertiary/aromatic N) is 2. The van der Waals surface area contributed by atoms with Gasteiger partial charge in [-0.2, -0.15) is 0 Å². The van der Waals surface area contributed by atoms with E-state index >= 15 is 0 Å². The van der Waals surface area contributed by atoms with Crippen LogP contribution in [0.1, 0.15) is 27.8 Å². The number of hydrogen-bond acceptors (Lipinski definition) is 7. The average molecular weight is 392 g/mol. The number of rotatable bonds is 7. The number of carbonyl (C=O) groups is 2. The summed E-state index contributed by atoms with van der Waals surface area (Å²) in [5, 5.41) is 5.79. The molecule has 0 aliphatic heterocycles. The summed E-state index contributed by atoms with van der Waals surface area (Å²) in [5.41, 5.74) is 1.99. The van der Waals surface area contributed by atoms with Crippen molar-refractivity contribution >= 4 is 28.9 Å². The molecule has 0 atom stereocenters. The van der Waals surface area contributed by atoms with Crippen LogP contribution in [0.25, 0.3) is 0 Å². The maximum Gasteiger partial charge on any atom is 0.275 e. The van der Waals surface area contributed by atoms with E-state index in [1.165, 1.54) is 33.5 Å². The van der Waals surface area contributed by atoms with Crippen LogP contribution in [0.3, 0.4) is 0 Å². The van der Waals surface area contributed by atoms with Gasteiger partial charge in [0.05, 0.1) is 26.6 Å². The second kappa shape index (κ2) is 8.83. The van der Waals surface area contributed by atoms with Crippen molar-refractivity contribution in [2.24, 2.45) is 0 Å². The minimum absolute atomic E-state index is 0.0260. The highest BCUT2D eigenvalue weighted by atomic mass is 16.5. The van der Waals surface area contributed by atoms with Crippen molar-refractivity contribution in [2.75, 3.05) is 24.9 Å². The predicted octanol–water partition coefficient (Wildman–Crippen LogP) is 3.69. The summed E-state index contributed by atoms with van der Waals surface area (Å²) in [5.74, 6) is 1.09. The molecule has 3 rings (SSSR count). The molecular formula is C21H20N4O4. The van der Waals surface area contributed by atoms with Crippen LogP contribution in [0, 0.1) is 0 Å². The Balaban J connectivity index is 1.69. The summed E-state index contributed by atoms with van der Waals surface area (Å²) in [6.07, 6.45) is 2.82. The molecule has 0 aliphatic carbocycles. The first-order chi connectivity index (χ1) is 14.0. The molecule has 0 aliphatic rings. The normalized spacial score (nSPS) is 10.2. The molecule has 0 radical (unpaired) electrons. The van der Waals surface area contributed by atoms with Crippen LogP contribution in [0.4, 0.5) is 17.2 Å². The van der Waals surface area contributed by atoms with Crippen molar-refractivity contribution in [3.8, 4) is 11.5 Å². The fraction of sp³-hybridized carbons (Fsp3) is 0.143. The van der Waals surface area contributed by atoms with Gasteiger partial charge in [0, 0.05) is 23.0 Å². The van der Waals surface area contributed by atoms with E-state index in [-0.39, 0.29) is 11.5 Å². The van der Waals surface area contributed by atoms with Gasteiger partial charge >= 0.3 is 0 Å². The van der Waals surface area contributed by atoms with E-state index < -0.39 is 5.91 Å². The van der Waals surface area contributed by atoms with E-state index in [4.69, 9.17) is 9.47 Å². The van der Waals surface area contributed by atoms with Crippen molar-refractivity contribution in [3.05, 3.63) is 66.1 Å². The van der Waals surface area contributed by atoms with Crippen LogP contribution in [0.5, 0.6) is 11.5 Å². The molecule has 1 aromatic heterocycles. The van der Waals surface area contributed by atoms with E-state index in [1.54, 1.807) is 36.4 Å². The maximum absolute atomic E-state index is 12.4. The van der Waals surface area contributed by atoms with E-state index in [1.807, 2.05) is 6.07 Å². The molecule has 8 heteroatoms. The largest absolute Gasteiger partial charge is 0.493 e. The van der Waals surface area contributed by atoms with Crippen LogP contribution >= 0.6 is 0 Å². The Morgan fingerprint density at radius 1 is 0.897 bits per heavy atom. The lowest BCUT2D eigenvalue weighted by Crippen LogP contribution is -2.14. The number of ketones is 1. The van der Waals surface area contributed by atoms with Crippen molar-refractivity contribution in [1.82, 2.24) is 9.97 Å². The van der Waals surface area contributed by atoms with Gasteiger partial charge in [0.25, 0.3) is 5.91 Å². The average Bonchev–Trinajstić information content (AvgIpc) is 2.74. The molecule has 8 nitrogen and oxygen atoms in total. The number of ether oxygens (including phenoxy) is 2. The summed E-state index contributed by atoms with van der Waals surface area (Å²) in [7, 11) is 3.06. The molecule has 0 spiro atoms. The zero-order valence-electron chi connectivity index (χ0n) is 16.2. The molecule has 0 bridgehead atoms. The van der Waals surface area contributed by atoms with Crippen LogP contribution in [0.2, 0.25) is 0 Å². The van der Waals surface area contributed by atoms with Gasteiger partial charge in [-0.3, -0.25) is 9.59 Å². The highest BCUT2D eigenvalue weighted by Gasteiger charge is 2.11. The molecule has 3 aromatic rings. The molecular weight excluding hydrogens is 372 g/mol. The fourth-order valence-corrected chi connectivity index (χ4v) is 2.58. The van der Waals surface area contributed by atoms with Gasteiger partial charge in [0.15, 0.2) is 17.3 Å². The van der Waals surface area contributed by atoms with Gasteiger partial charge in [-0.25, -0.2) is 9.97 Å². The number of methoxy groups -OCH3 is 2. The predicted molar refractivity (Wildman–Crippen MR) is 109 cm³/mol. The Bertz CT molecular complexity index is 1040. The van der Waals surface area contributed by atoms with E-state index in [0.717, 1.165) is 0 Å². The van der Waals surface area contributed by atoms with E-state index in [9.17, 15) is 9.59 Å². The van der Waals surface area contributed by atoms with E-state index in [0.29, 0.717) is 34.3 Å². The summed E-state index contributed by atoms with van der Waals surface area (Å²) in [6, 6.07) is 12.1. The number of carbonyl (C=O) groups excluding carboxylic acids is 2. The first kappa shape index (κ1) is 19.8. The molecule has 1 amide bonds. The molecule has 0 saturated heterocycles. The molecule has 2 N–H and O–H groups in total. The Labute approximate surface area is 167 Å². The summed E-state index contributed by atoms with van der Waals surface area (Å²) >= 11 is 0. The number of Topliss-reactive ketones (excluding diaryl/α,β-unsaturated/α-hetero) is 1. The number of hydrogen-bond donors (Lipinski definition) is 2. The van der Waals surface area contributed by atoms with Gasteiger partial charge < -0.3 is 20.1 Å². The van der Waals surface area contributed by atoms with Gasteiger partial charge in [-0.15, -0.1) is 0 Å². The van der Waals surface area contributed by atoms with E-state index in [2.05, 4.69) is 20.6 Å². The Morgan fingerprint density at radius 3 is 2.34 bits per heavy atom. The molecule has 2 aromatic carbocycles. The third-order valence-electron chi connectivity index (χ3n) is 4.07. The van der Waals surface area contributed by atoms with Gasteiger partial charge in [0.2, 0.25) is 0 Å². The minimum atomic E-state index is -0.408. The van der Waals surface area contributed by atoms with Crippen LogP contribution in [-0.4, -0.2) is 35.9 Å². The smallest absolute Gasteiger partial charge is 0.275 e. The Morgan fingerprint density at radius 2 is 1.69 bits per heavy atom. The second-order valence-electron chi connectivity index (χ2n) is 6.07. The molecule has 1 heterocycles. The third kappa shape index (κ3) is 4.86.